The largest absolute Gasteiger partial charge is 0.398 e. The monoisotopic (exact) mass is 1590 g/mol. The Kier molecular flexibility index (Phi) is 33.0. The molecule has 1 saturated carbocycles. The molecule has 3 amide bonds. The van der Waals surface area contributed by atoms with Crippen molar-refractivity contribution in [3.8, 4) is 0 Å². The van der Waals surface area contributed by atoms with Gasteiger partial charge >= 0.3 is 0 Å². The van der Waals surface area contributed by atoms with Gasteiger partial charge in [0, 0.05) is 106 Å². The number of fused-ring (bicyclic) bond motifs is 4. The van der Waals surface area contributed by atoms with Crippen molar-refractivity contribution >= 4 is 89.7 Å². The second-order valence-corrected chi connectivity index (χ2v) is 33.2. The number of halogens is 2. The maximum Gasteiger partial charge on any atom is 0.237 e. The molecule has 620 valence electrons. The molecular formula is C98H123F2N11O6. The molecule has 0 spiro atoms. The van der Waals surface area contributed by atoms with E-state index >= 15 is 0 Å². The van der Waals surface area contributed by atoms with Crippen molar-refractivity contribution in [3.63, 3.8) is 0 Å². The molecule has 2 saturated heterocycles. The highest BCUT2D eigenvalue weighted by atomic mass is 19.2. The van der Waals surface area contributed by atoms with E-state index in [-0.39, 0.29) is 84.7 Å². The normalized spacial score (nSPS) is 16.8. The van der Waals surface area contributed by atoms with Gasteiger partial charge in [-0.15, -0.1) is 0 Å². The molecular weight excluding hydrogens is 1470 g/mol. The second kappa shape index (κ2) is 43.9. The van der Waals surface area contributed by atoms with Gasteiger partial charge in [0.15, 0.2) is 29.0 Å². The minimum absolute atomic E-state index is 0.0514. The number of carbonyl (C=O) groups excluding carboxylic acids is 6. The quantitative estimate of drug-likeness (QED) is 0.0136. The number of amides is 3. The molecule has 13 rings (SSSR count). The molecule has 4 heterocycles. The Balaban J connectivity index is 0.000000173. The predicted molar refractivity (Wildman–Crippen MR) is 471 cm³/mol. The molecule has 3 fully saturated rings. The van der Waals surface area contributed by atoms with Crippen LogP contribution in [-0.2, 0) is 67.3 Å². The van der Waals surface area contributed by atoms with Crippen LogP contribution in [0.15, 0.2) is 182 Å². The summed E-state index contributed by atoms with van der Waals surface area (Å²) in [5, 5.41) is 23.6. The minimum Gasteiger partial charge on any atom is -0.398 e. The number of nitrogen functional groups attached to an aromatic ring is 2. The lowest BCUT2D eigenvalue weighted by Crippen LogP contribution is -2.52. The fraction of sp³-hybridized carbons (Fsp3) is 0.439. The highest BCUT2D eigenvalue weighted by Gasteiger charge is 2.32. The summed E-state index contributed by atoms with van der Waals surface area (Å²) in [6, 6.07) is 52.5. The average Bonchev–Trinajstić information content (AvgIpc) is 1.70. The number of rotatable bonds is 35. The van der Waals surface area contributed by atoms with Gasteiger partial charge in [-0.2, -0.15) is 0 Å². The lowest BCUT2D eigenvalue weighted by Gasteiger charge is -2.38. The Labute approximate surface area is 690 Å². The van der Waals surface area contributed by atoms with E-state index in [9.17, 15) is 37.5 Å². The second-order valence-electron chi connectivity index (χ2n) is 33.2. The Morgan fingerprint density at radius 3 is 1.71 bits per heavy atom. The van der Waals surface area contributed by atoms with E-state index in [0.29, 0.717) is 62.2 Å². The Hall–Kier alpha value is -10.1. The maximum atomic E-state index is 13.9. The number of benzene rings is 8. The lowest BCUT2D eigenvalue weighted by atomic mass is 9.94. The van der Waals surface area contributed by atoms with Crippen LogP contribution >= 0.6 is 0 Å². The maximum absolute atomic E-state index is 13.9. The van der Waals surface area contributed by atoms with Crippen LogP contribution in [0.4, 0.5) is 20.2 Å². The zero-order chi connectivity index (χ0) is 82.7. The van der Waals surface area contributed by atoms with Crippen molar-refractivity contribution in [2.75, 3.05) is 37.6 Å². The number of aromatic nitrogens is 2. The van der Waals surface area contributed by atoms with Crippen LogP contribution < -0.4 is 38.1 Å². The SMILES string of the molecule is C[C@@H]1CCC[C@H](C)N1CC(=O)N[C@@H](Cc1ccc(F)c(F)c1)C(=O)CCc1ccc2c(N)cccc2c1.C[C@H](NC(=O)[C@@H](CCc1ccccc1)NC1CCCCC1)C(=O)CCc1ccc2c(N)cccc2c1.Cc1nccc2cc(CCC(=O)[C@H](Cc3c[nH]c4ccccc34)NC(=O)[C@@H](CCCCN3CCCCC3)NC(C)C)ccc12. The third kappa shape index (κ3) is 26.2. The number of pyridine rings is 1. The van der Waals surface area contributed by atoms with E-state index < -0.39 is 29.8 Å². The van der Waals surface area contributed by atoms with Gasteiger partial charge in [0.25, 0.3) is 0 Å². The number of hydrogen-bond donors (Lipinski definition) is 8. The topological polar surface area (TPSA) is 250 Å². The van der Waals surface area contributed by atoms with E-state index in [2.05, 4.69) is 117 Å². The van der Waals surface area contributed by atoms with E-state index in [1.807, 2.05) is 129 Å². The van der Waals surface area contributed by atoms with Crippen LogP contribution in [0.25, 0.3) is 43.2 Å². The van der Waals surface area contributed by atoms with E-state index in [0.717, 1.165) is 153 Å². The standard InChI is InChI=1S/C37H49N5O2.C31H39N3O2.C30H35F2N3O2/c1-26(2)40-34(13-7-10-22-42-20-8-4-9-21-42)37(44)41-35(24-30-25-39-33-12-6-5-11-32(30)33)36(43)17-15-28-14-16-31-27(3)38-19-18-29(31)23-28;1-22(30(35)20-17-24-15-18-27-25(21-24)11-8-14-28(27)32)33-31(36)29(34-26-12-6-3-7-13-26)19-16-23-9-4-2-5-10-23;1-19-5-3-6-20(2)35(19)18-30(37)34-28(17-22-10-13-25(31)26(32)16-22)29(36)14-11-21-9-12-24-23(15-21)7-4-8-27(24)33/h5-6,11-12,14,16,18-19,23,25-26,34-35,39-40H,4,7-10,13,15,17,20-22,24H2,1-3H3,(H,41,44);2,4-5,8-11,14-15,18,21-22,26,29,34H,3,6-7,12-13,16-17,19-20,32H2,1H3,(H,33,36);4,7-10,12-13,15-16,19-20,28H,3,5-6,11,14,17-18,33H2,1-2H3,(H,34,37)/t34-,35+;22-,29+;19-,20+,28-/m100/s1. The van der Waals surface area contributed by atoms with Crippen LogP contribution in [0.5, 0.6) is 0 Å². The summed E-state index contributed by atoms with van der Waals surface area (Å²) in [4.78, 5) is 92.6. The highest BCUT2D eigenvalue weighted by Crippen LogP contribution is 2.29. The smallest absolute Gasteiger partial charge is 0.237 e. The van der Waals surface area contributed by atoms with E-state index in [1.54, 1.807) is 6.92 Å². The molecule has 10 N–H and O–H groups in total. The Morgan fingerprint density at radius 1 is 0.504 bits per heavy atom. The number of unbranched alkanes of at least 4 members (excludes halogenated alkanes) is 1. The number of piperidine rings is 2. The summed E-state index contributed by atoms with van der Waals surface area (Å²) in [7, 11) is 0. The summed E-state index contributed by atoms with van der Waals surface area (Å²) in [5.74, 6) is -2.34. The van der Waals surface area contributed by atoms with Gasteiger partial charge in [0.1, 0.15) is 0 Å². The summed E-state index contributed by atoms with van der Waals surface area (Å²) in [6.07, 6.45) is 24.5. The molecule has 17 nitrogen and oxygen atoms in total. The van der Waals surface area contributed by atoms with Gasteiger partial charge in [-0.25, -0.2) is 8.78 Å². The fourth-order valence-electron chi connectivity index (χ4n) is 17.1. The molecule has 0 unspecified atom stereocenters. The zero-order valence-electron chi connectivity index (χ0n) is 69.5. The van der Waals surface area contributed by atoms with Crippen molar-refractivity contribution in [1.82, 2.24) is 46.4 Å². The average molecular weight is 1590 g/mol. The number of hydrogen-bond acceptors (Lipinski definition) is 13. The lowest BCUT2D eigenvalue weighted by molar-refractivity contribution is -0.129. The summed E-state index contributed by atoms with van der Waals surface area (Å²) < 4.78 is 27.3. The molecule has 2 aliphatic heterocycles. The number of para-hydroxylation sites is 1. The number of Topliss-reactive ketones (excluding diaryl/α,β-unsaturated/α-hetero) is 3. The Morgan fingerprint density at radius 2 is 1.08 bits per heavy atom. The number of H-pyrrole nitrogens is 1. The first-order chi connectivity index (χ1) is 56.6. The van der Waals surface area contributed by atoms with Gasteiger partial charge in [-0.1, -0.05) is 186 Å². The third-order valence-corrected chi connectivity index (χ3v) is 23.9. The van der Waals surface area contributed by atoms with Crippen LogP contribution in [0.2, 0.25) is 0 Å². The number of aromatic amines is 1. The molecule has 2 aromatic heterocycles. The van der Waals surface area contributed by atoms with Crippen molar-refractivity contribution in [1.29, 1.82) is 0 Å². The van der Waals surface area contributed by atoms with Gasteiger partial charge in [-0.05, 0) is 223 Å². The number of nitrogens with zero attached hydrogens (tertiary/aromatic N) is 3. The van der Waals surface area contributed by atoms with E-state index in [1.165, 1.54) is 63.2 Å². The number of nitrogens with two attached hydrogens (primary N) is 2. The first kappa shape index (κ1) is 87.8. The molecule has 117 heavy (non-hydrogen) atoms. The molecule has 8 aromatic carbocycles. The molecule has 3 aliphatic rings. The van der Waals surface area contributed by atoms with Crippen LogP contribution in [0, 0.1) is 18.6 Å². The predicted octanol–water partition coefficient (Wildman–Crippen LogP) is 16.8. The molecule has 7 atom stereocenters. The summed E-state index contributed by atoms with van der Waals surface area (Å²) >= 11 is 0. The van der Waals surface area contributed by atoms with Gasteiger partial charge in [0.2, 0.25) is 17.7 Å². The zero-order valence-corrected chi connectivity index (χ0v) is 69.5. The first-order valence-corrected chi connectivity index (χ1v) is 43.0. The number of carbonyl (C=O) groups is 6. The number of aryl methyl sites for hydroxylation is 5. The van der Waals surface area contributed by atoms with Crippen molar-refractivity contribution in [2.24, 2.45) is 0 Å². The molecule has 0 radical (unpaired) electrons. The summed E-state index contributed by atoms with van der Waals surface area (Å²) in [5.41, 5.74) is 21.5. The molecule has 0 bridgehead atoms. The van der Waals surface area contributed by atoms with Crippen LogP contribution in [0.3, 0.4) is 0 Å². The number of anilines is 2. The Bertz CT molecular complexity index is 4930. The van der Waals surface area contributed by atoms with Gasteiger partial charge in [-0.3, -0.25) is 38.7 Å². The summed E-state index contributed by atoms with van der Waals surface area (Å²) in [6.45, 7) is 15.9. The number of likely N-dealkylation sites (tertiary alicyclic amines) is 2. The van der Waals surface area contributed by atoms with E-state index in [4.69, 9.17) is 11.5 Å². The van der Waals surface area contributed by atoms with Crippen LogP contribution in [0.1, 0.15) is 189 Å². The van der Waals surface area contributed by atoms with Gasteiger partial charge < -0.3 is 47.9 Å². The van der Waals surface area contributed by atoms with Crippen molar-refractivity contribution in [3.05, 3.63) is 233 Å². The molecule has 1 aliphatic carbocycles. The van der Waals surface area contributed by atoms with Gasteiger partial charge in [0.05, 0.1) is 36.8 Å². The van der Waals surface area contributed by atoms with Crippen molar-refractivity contribution < 1.29 is 37.5 Å². The molecule has 19 heteroatoms. The number of ketones is 3. The first-order valence-electron chi connectivity index (χ1n) is 43.0. The fourth-order valence-corrected chi connectivity index (χ4v) is 17.1. The number of nitrogens with one attached hydrogen (secondary N) is 6. The third-order valence-electron chi connectivity index (χ3n) is 23.9. The van der Waals surface area contributed by atoms with Crippen LogP contribution in [-0.4, -0.2) is 135 Å². The van der Waals surface area contributed by atoms with Crippen molar-refractivity contribution in [2.45, 2.75) is 250 Å². The molecule has 10 aromatic rings. The highest BCUT2D eigenvalue weighted by molar-refractivity contribution is 5.96. The minimum atomic E-state index is -0.971.